The molecule has 2 rings (SSSR count). The van der Waals surface area contributed by atoms with Gasteiger partial charge in [-0.1, -0.05) is 0 Å². The quantitative estimate of drug-likeness (QED) is 0.842. The van der Waals surface area contributed by atoms with Gasteiger partial charge in [0.2, 0.25) is 10.0 Å². The second kappa shape index (κ2) is 6.31. The van der Waals surface area contributed by atoms with Crippen molar-refractivity contribution in [3.63, 3.8) is 0 Å². The molecule has 0 saturated carbocycles. The van der Waals surface area contributed by atoms with Gasteiger partial charge in [-0.05, 0) is 25.8 Å². The van der Waals surface area contributed by atoms with Crippen molar-refractivity contribution < 1.29 is 13.2 Å². The van der Waals surface area contributed by atoms with Gasteiger partial charge in [-0.3, -0.25) is 0 Å². The van der Waals surface area contributed by atoms with Gasteiger partial charge in [0, 0.05) is 38.1 Å². The molecule has 0 amide bonds. The molecule has 2 N–H and O–H groups in total. The normalized spacial score (nSPS) is 17.3. The van der Waals surface area contributed by atoms with Crippen LogP contribution in [0.15, 0.2) is 23.2 Å². The summed E-state index contributed by atoms with van der Waals surface area (Å²) in [5.74, 6) is 0.567. The van der Waals surface area contributed by atoms with E-state index in [-0.39, 0.29) is 10.9 Å². The lowest BCUT2D eigenvalue weighted by Gasteiger charge is -2.23. The molecule has 6 nitrogen and oxygen atoms in total. The Hall–Kier alpha value is -1.18. The third-order valence-corrected chi connectivity index (χ3v) is 4.46. The Kier molecular flexibility index (Phi) is 4.73. The highest BCUT2D eigenvalue weighted by molar-refractivity contribution is 7.89. The molecule has 0 atom stereocenters. The molecule has 106 valence electrons. The molecular formula is C12H19N3O3S. The fourth-order valence-corrected chi connectivity index (χ4v) is 3.28. The molecule has 0 aliphatic carbocycles. The monoisotopic (exact) mass is 285 g/mol. The summed E-state index contributed by atoms with van der Waals surface area (Å²) in [5, 5.41) is 3.00. The summed E-state index contributed by atoms with van der Waals surface area (Å²) in [6, 6.07) is 3.00. The summed E-state index contributed by atoms with van der Waals surface area (Å²) in [4.78, 5) is 4.31. The number of sulfonamides is 1. The Morgan fingerprint density at radius 2 is 2.16 bits per heavy atom. The summed E-state index contributed by atoms with van der Waals surface area (Å²) in [5.41, 5.74) is 0. The van der Waals surface area contributed by atoms with Gasteiger partial charge in [0.1, 0.15) is 5.82 Å². The van der Waals surface area contributed by atoms with Gasteiger partial charge in [-0.25, -0.2) is 18.1 Å². The van der Waals surface area contributed by atoms with Crippen LogP contribution < -0.4 is 10.0 Å². The zero-order valence-corrected chi connectivity index (χ0v) is 11.7. The maximum absolute atomic E-state index is 12.2. The van der Waals surface area contributed by atoms with Crippen molar-refractivity contribution in [2.24, 2.45) is 0 Å². The SMILES string of the molecule is CCNc1cc(S(=O)(=O)NC2CCOCC2)ccn1. The minimum atomic E-state index is -3.49. The van der Waals surface area contributed by atoms with E-state index in [4.69, 9.17) is 4.74 Å². The Labute approximate surface area is 113 Å². The van der Waals surface area contributed by atoms with Crippen molar-refractivity contribution >= 4 is 15.8 Å². The molecule has 0 spiro atoms. The fourth-order valence-electron chi connectivity index (χ4n) is 1.96. The van der Waals surface area contributed by atoms with Crippen LogP contribution >= 0.6 is 0 Å². The Bertz CT molecular complexity index is 513. The van der Waals surface area contributed by atoms with Crippen LogP contribution in [-0.2, 0) is 14.8 Å². The number of hydrogen-bond donors (Lipinski definition) is 2. The van der Waals surface area contributed by atoms with Crippen molar-refractivity contribution in [2.45, 2.75) is 30.7 Å². The average molecular weight is 285 g/mol. The molecule has 1 aliphatic heterocycles. The van der Waals surface area contributed by atoms with Crippen LogP contribution in [0.2, 0.25) is 0 Å². The first-order valence-electron chi connectivity index (χ1n) is 6.42. The van der Waals surface area contributed by atoms with Crippen molar-refractivity contribution in [3.8, 4) is 0 Å². The molecule has 2 heterocycles. The lowest BCUT2D eigenvalue weighted by molar-refractivity contribution is 0.0832. The molecule has 1 fully saturated rings. The second-order valence-electron chi connectivity index (χ2n) is 4.42. The number of ether oxygens (including phenoxy) is 1. The van der Waals surface area contributed by atoms with Crippen LogP contribution in [-0.4, -0.2) is 39.2 Å². The van der Waals surface area contributed by atoms with E-state index in [0.717, 1.165) is 0 Å². The van der Waals surface area contributed by atoms with Gasteiger partial charge in [-0.15, -0.1) is 0 Å². The lowest BCUT2D eigenvalue weighted by atomic mass is 10.1. The van der Waals surface area contributed by atoms with Gasteiger partial charge < -0.3 is 10.1 Å². The Morgan fingerprint density at radius 1 is 1.42 bits per heavy atom. The van der Waals surface area contributed by atoms with Crippen molar-refractivity contribution in [1.82, 2.24) is 9.71 Å². The third kappa shape index (κ3) is 3.89. The molecule has 0 bridgehead atoms. The number of anilines is 1. The molecule has 1 aromatic heterocycles. The van der Waals surface area contributed by atoms with Crippen molar-refractivity contribution in [3.05, 3.63) is 18.3 Å². The molecule has 0 aromatic carbocycles. The van der Waals surface area contributed by atoms with Gasteiger partial charge in [0.25, 0.3) is 0 Å². The van der Waals surface area contributed by atoms with E-state index >= 15 is 0 Å². The summed E-state index contributed by atoms with van der Waals surface area (Å²) < 4.78 is 32.4. The van der Waals surface area contributed by atoms with E-state index in [0.29, 0.717) is 38.4 Å². The number of pyridine rings is 1. The van der Waals surface area contributed by atoms with Gasteiger partial charge in [0.05, 0.1) is 4.90 Å². The molecule has 0 radical (unpaired) electrons. The second-order valence-corrected chi connectivity index (χ2v) is 6.13. The number of nitrogens with one attached hydrogen (secondary N) is 2. The Morgan fingerprint density at radius 3 is 2.84 bits per heavy atom. The molecular weight excluding hydrogens is 266 g/mol. The molecule has 19 heavy (non-hydrogen) atoms. The fraction of sp³-hybridized carbons (Fsp3) is 0.583. The topological polar surface area (TPSA) is 80.3 Å². The smallest absolute Gasteiger partial charge is 0.241 e. The highest BCUT2D eigenvalue weighted by Crippen LogP contribution is 2.15. The van der Waals surface area contributed by atoms with Crippen LogP contribution in [0.5, 0.6) is 0 Å². The minimum absolute atomic E-state index is 0.0468. The Balaban J connectivity index is 2.11. The molecule has 1 aromatic rings. The number of rotatable bonds is 5. The van der Waals surface area contributed by atoms with E-state index in [1.54, 1.807) is 6.07 Å². The summed E-state index contributed by atoms with van der Waals surface area (Å²) in [6.45, 7) is 3.84. The lowest BCUT2D eigenvalue weighted by Crippen LogP contribution is -2.38. The zero-order valence-electron chi connectivity index (χ0n) is 10.9. The largest absolute Gasteiger partial charge is 0.381 e. The third-order valence-electron chi connectivity index (χ3n) is 2.94. The van der Waals surface area contributed by atoms with Crippen LogP contribution in [0.1, 0.15) is 19.8 Å². The summed E-state index contributed by atoms with van der Waals surface area (Å²) in [6.07, 6.45) is 2.92. The molecule has 1 aliphatic rings. The van der Waals surface area contributed by atoms with Gasteiger partial charge in [-0.2, -0.15) is 0 Å². The average Bonchev–Trinajstić information content (AvgIpc) is 2.40. The van der Waals surface area contributed by atoms with Crippen LogP contribution in [0, 0.1) is 0 Å². The maximum Gasteiger partial charge on any atom is 0.241 e. The van der Waals surface area contributed by atoms with E-state index < -0.39 is 10.0 Å². The van der Waals surface area contributed by atoms with Crippen molar-refractivity contribution in [1.29, 1.82) is 0 Å². The van der Waals surface area contributed by atoms with Gasteiger partial charge in [0.15, 0.2) is 0 Å². The first-order chi connectivity index (χ1) is 9.12. The summed E-state index contributed by atoms with van der Waals surface area (Å²) in [7, 11) is -3.49. The first kappa shape index (κ1) is 14.2. The van der Waals surface area contributed by atoms with Gasteiger partial charge >= 0.3 is 0 Å². The number of hydrogen-bond acceptors (Lipinski definition) is 5. The van der Waals surface area contributed by atoms with Crippen LogP contribution in [0.3, 0.4) is 0 Å². The number of aromatic nitrogens is 1. The van der Waals surface area contributed by atoms with Crippen LogP contribution in [0.25, 0.3) is 0 Å². The van der Waals surface area contributed by atoms with E-state index in [1.165, 1.54) is 12.3 Å². The van der Waals surface area contributed by atoms with Crippen molar-refractivity contribution in [2.75, 3.05) is 25.1 Å². The first-order valence-corrected chi connectivity index (χ1v) is 7.90. The molecule has 7 heteroatoms. The van der Waals surface area contributed by atoms with Crippen LogP contribution in [0.4, 0.5) is 5.82 Å². The highest BCUT2D eigenvalue weighted by atomic mass is 32.2. The zero-order chi connectivity index (χ0) is 13.7. The standard InChI is InChI=1S/C12H19N3O3S/c1-2-13-12-9-11(3-6-14-12)19(16,17)15-10-4-7-18-8-5-10/h3,6,9-10,15H,2,4-5,7-8H2,1H3,(H,13,14). The molecule has 1 saturated heterocycles. The predicted molar refractivity (Wildman–Crippen MR) is 72.6 cm³/mol. The molecule has 0 unspecified atom stereocenters. The van der Waals surface area contributed by atoms with E-state index in [1.807, 2.05) is 6.92 Å². The predicted octanol–water partition coefficient (Wildman–Crippen LogP) is 0.971. The van der Waals surface area contributed by atoms with E-state index in [9.17, 15) is 8.42 Å². The highest BCUT2D eigenvalue weighted by Gasteiger charge is 2.22. The number of nitrogens with zero attached hydrogens (tertiary/aromatic N) is 1. The minimum Gasteiger partial charge on any atom is -0.381 e. The maximum atomic E-state index is 12.2. The van der Waals surface area contributed by atoms with E-state index in [2.05, 4.69) is 15.0 Å². The summed E-state index contributed by atoms with van der Waals surface area (Å²) >= 11 is 0.